The molecule has 6 heteroatoms. The highest BCUT2D eigenvalue weighted by Crippen LogP contribution is 2.09. The molecule has 1 aromatic rings. The first-order chi connectivity index (χ1) is 9.08. The number of ether oxygens (including phenoxy) is 1. The molecule has 0 spiro atoms. The van der Waals surface area contributed by atoms with Crippen molar-refractivity contribution < 1.29 is 14.3 Å². The average Bonchev–Trinajstić information content (AvgIpc) is 2.38. The molecule has 0 radical (unpaired) electrons. The third-order valence-electron chi connectivity index (χ3n) is 2.35. The van der Waals surface area contributed by atoms with Gasteiger partial charge in [0.25, 0.3) is 5.91 Å². The van der Waals surface area contributed by atoms with Gasteiger partial charge < -0.3 is 9.64 Å². The summed E-state index contributed by atoms with van der Waals surface area (Å²) in [5.74, 6) is -0.718. The van der Waals surface area contributed by atoms with Gasteiger partial charge in [0.05, 0.1) is 11.6 Å². The highest BCUT2D eigenvalue weighted by Gasteiger charge is 2.19. The van der Waals surface area contributed by atoms with Crippen LogP contribution in [0.25, 0.3) is 0 Å². The number of hydrogen-bond acceptors (Lipinski definition) is 4. The van der Waals surface area contributed by atoms with E-state index in [1.807, 2.05) is 6.92 Å². The molecule has 0 fully saturated rings. The number of amides is 1. The number of carbonyl (C=O) groups excluding carboxylic acids is 2. The van der Waals surface area contributed by atoms with E-state index in [-0.39, 0.29) is 18.1 Å². The lowest BCUT2D eigenvalue weighted by Crippen LogP contribution is -2.37. The number of aromatic nitrogens is 1. The van der Waals surface area contributed by atoms with Gasteiger partial charge >= 0.3 is 5.97 Å². The number of esters is 1. The molecule has 0 saturated carbocycles. The van der Waals surface area contributed by atoms with Crippen LogP contribution in [0.3, 0.4) is 0 Å². The van der Waals surface area contributed by atoms with Crippen molar-refractivity contribution >= 4 is 23.5 Å². The summed E-state index contributed by atoms with van der Waals surface area (Å²) in [6.07, 6.45) is 2.15. The number of hydrogen-bond donors (Lipinski definition) is 0. The summed E-state index contributed by atoms with van der Waals surface area (Å²) in [7, 11) is 0. The molecule has 0 aliphatic rings. The van der Waals surface area contributed by atoms with Crippen molar-refractivity contribution in [1.29, 1.82) is 0 Å². The molecule has 19 heavy (non-hydrogen) atoms. The summed E-state index contributed by atoms with van der Waals surface area (Å²) >= 11 is 5.72. The van der Waals surface area contributed by atoms with Crippen molar-refractivity contribution in [2.45, 2.75) is 20.3 Å². The molecule has 1 amide bonds. The Morgan fingerprint density at radius 3 is 2.63 bits per heavy atom. The van der Waals surface area contributed by atoms with E-state index in [0.29, 0.717) is 18.2 Å². The van der Waals surface area contributed by atoms with Crippen LogP contribution in [-0.2, 0) is 9.53 Å². The minimum Gasteiger partial charge on any atom is -0.465 e. The van der Waals surface area contributed by atoms with Gasteiger partial charge in [-0.2, -0.15) is 0 Å². The monoisotopic (exact) mass is 284 g/mol. The molecule has 0 saturated heterocycles. The first-order valence-electron chi connectivity index (χ1n) is 6.15. The second kappa shape index (κ2) is 7.74. The highest BCUT2D eigenvalue weighted by atomic mass is 35.5. The predicted octanol–water partition coefficient (Wildman–Crippen LogP) is 2.15. The lowest BCUT2D eigenvalue weighted by Gasteiger charge is -2.20. The van der Waals surface area contributed by atoms with Crippen molar-refractivity contribution in [3.8, 4) is 0 Å². The van der Waals surface area contributed by atoms with Gasteiger partial charge in [-0.05, 0) is 25.5 Å². The summed E-state index contributed by atoms with van der Waals surface area (Å²) < 4.78 is 4.85. The number of nitrogens with zero attached hydrogens (tertiary/aromatic N) is 2. The summed E-state index contributed by atoms with van der Waals surface area (Å²) in [5.41, 5.74) is 0.266. The Morgan fingerprint density at radius 2 is 2.11 bits per heavy atom. The first-order valence-corrected chi connectivity index (χ1v) is 6.52. The van der Waals surface area contributed by atoms with Crippen molar-refractivity contribution in [2.24, 2.45) is 0 Å². The molecule has 104 valence electrons. The van der Waals surface area contributed by atoms with Crippen LogP contribution in [0.4, 0.5) is 0 Å². The van der Waals surface area contributed by atoms with Gasteiger partial charge in [0.2, 0.25) is 0 Å². The fraction of sp³-hybridized carbons (Fsp3) is 0.462. The largest absolute Gasteiger partial charge is 0.465 e. The summed E-state index contributed by atoms with van der Waals surface area (Å²) in [5, 5.41) is 0.462. The van der Waals surface area contributed by atoms with Crippen LogP contribution < -0.4 is 0 Å². The Morgan fingerprint density at radius 1 is 1.37 bits per heavy atom. The Balaban J connectivity index is 2.77. The summed E-state index contributed by atoms with van der Waals surface area (Å²) in [4.78, 5) is 29.0. The minimum absolute atomic E-state index is 0.0647. The predicted molar refractivity (Wildman–Crippen MR) is 72.1 cm³/mol. The van der Waals surface area contributed by atoms with Crippen LogP contribution in [0.15, 0.2) is 18.3 Å². The molecule has 0 aromatic carbocycles. The van der Waals surface area contributed by atoms with E-state index < -0.39 is 5.97 Å². The SMILES string of the molecule is CCCN(CC(=O)OCC)C(=O)c1ccc(Cl)cn1. The Labute approximate surface area is 117 Å². The molecular formula is C13H17ClN2O3. The quantitative estimate of drug-likeness (QED) is 0.751. The fourth-order valence-electron chi connectivity index (χ4n) is 1.55. The van der Waals surface area contributed by atoms with Crippen LogP contribution in [-0.4, -0.2) is 41.5 Å². The maximum atomic E-state index is 12.2. The molecule has 0 aliphatic heterocycles. The normalized spacial score (nSPS) is 10.1. The van der Waals surface area contributed by atoms with Gasteiger partial charge in [0.15, 0.2) is 0 Å². The van der Waals surface area contributed by atoms with Crippen LogP contribution in [0.1, 0.15) is 30.8 Å². The molecule has 5 nitrogen and oxygen atoms in total. The van der Waals surface area contributed by atoms with Crippen molar-refractivity contribution in [2.75, 3.05) is 19.7 Å². The third-order valence-corrected chi connectivity index (χ3v) is 2.58. The Kier molecular flexibility index (Phi) is 6.29. The molecule has 0 aliphatic carbocycles. The smallest absolute Gasteiger partial charge is 0.325 e. The number of halogens is 1. The Bertz CT molecular complexity index is 434. The molecular weight excluding hydrogens is 268 g/mol. The zero-order valence-electron chi connectivity index (χ0n) is 11.1. The number of carbonyl (C=O) groups is 2. The zero-order chi connectivity index (χ0) is 14.3. The highest BCUT2D eigenvalue weighted by molar-refractivity contribution is 6.30. The number of rotatable bonds is 6. The van der Waals surface area contributed by atoms with Gasteiger partial charge in [-0.3, -0.25) is 9.59 Å². The van der Waals surface area contributed by atoms with Gasteiger partial charge in [0.1, 0.15) is 12.2 Å². The van der Waals surface area contributed by atoms with E-state index in [1.54, 1.807) is 19.1 Å². The maximum Gasteiger partial charge on any atom is 0.325 e. The van der Waals surface area contributed by atoms with Gasteiger partial charge in [-0.25, -0.2) is 4.98 Å². The standard InChI is InChI=1S/C13H17ClN2O3/c1-3-7-16(9-12(17)19-4-2)13(18)11-6-5-10(14)8-15-11/h5-6,8H,3-4,7,9H2,1-2H3. The van der Waals surface area contributed by atoms with E-state index >= 15 is 0 Å². The maximum absolute atomic E-state index is 12.2. The van der Waals surface area contributed by atoms with Gasteiger partial charge in [-0.15, -0.1) is 0 Å². The fourth-order valence-corrected chi connectivity index (χ4v) is 1.66. The van der Waals surface area contributed by atoms with E-state index in [9.17, 15) is 9.59 Å². The second-order valence-electron chi connectivity index (χ2n) is 3.89. The zero-order valence-corrected chi connectivity index (χ0v) is 11.8. The first kappa shape index (κ1) is 15.4. The van der Waals surface area contributed by atoms with Crippen LogP contribution in [0.2, 0.25) is 5.02 Å². The second-order valence-corrected chi connectivity index (χ2v) is 4.33. The molecule has 0 atom stereocenters. The molecule has 0 N–H and O–H groups in total. The summed E-state index contributed by atoms with van der Waals surface area (Å²) in [6.45, 7) is 4.37. The van der Waals surface area contributed by atoms with Crippen molar-refractivity contribution in [3.63, 3.8) is 0 Å². The summed E-state index contributed by atoms with van der Waals surface area (Å²) in [6, 6.07) is 3.13. The van der Waals surface area contributed by atoms with Gasteiger partial charge in [-0.1, -0.05) is 18.5 Å². The lowest BCUT2D eigenvalue weighted by atomic mass is 10.3. The number of pyridine rings is 1. The third kappa shape index (κ3) is 4.87. The molecule has 1 heterocycles. The van der Waals surface area contributed by atoms with Gasteiger partial charge in [0, 0.05) is 12.7 Å². The van der Waals surface area contributed by atoms with E-state index in [4.69, 9.17) is 16.3 Å². The van der Waals surface area contributed by atoms with Crippen LogP contribution in [0, 0.1) is 0 Å². The lowest BCUT2D eigenvalue weighted by molar-refractivity contribution is -0.143. The van der Waals surface area contributed by atoms with Crippen LogP contribution >= 0.6 is 11.6 Å². The van der Waals surface area contributed by atoms with E-state index in [2.05, 4.69) is 4.98 Å². The topological polar surface area (TPSA) is 59.5 Å². The van der Waals surface area contributed by atoms with Crippen molar-refractivity contribution in [1.82, 2.24) is 9.88 Å². The van der Waals surface area contributed by atoms with Crippen LogP contribution in [0.5, 0.6) is 0 Å². The Hall–Kier alpha value is -1.62. The molecule has 1 aromatic heterocycles. The van der Waals surface area contributed by atoms with E-state index in [1.165, 1.54) is 11.1 Å². The molecule has 1 rings (SSSR count). The minimum atomic E-state index is -0.418. The molecule has 0 bridgehead atoms. The van der Waals surface area contributed by atoms with E-state index in [0.717, 1.165) is 6.42 Å². The molecule has 0 unspecified atom stereocenters. The van der Waals surface area contributed by atoms with Crippen molar-refractivity contribution in [3.05, 3.63) is 29.0 Å². The average molecular weight is 285 g/mol.